The van der Waals surface area contributed by atoms with Gasteiger partial charge in [-0.1, -0.05) is 18.2 Å². The third kappa shape index (κ3) is 1.27. The zero-order valence-corrected chi connectivity index (χ0v) is 5.94. The molecule has 54 valence electrons. The Labute approximate surface area is 63.2 Å². The molecule has 0 heterocycles. The molecule has 0 N–H and O–H groups in total. The smallest absolute Gasteiger partial charge is 0.263 e. The minimum Gasteiger partial charge on any atom is -0.277 e. The van der Waals surface area contributed by atoms with Gasteiger partial charge in [0.25, 0.3) is 5.24 Å². The topological polar surface area (TPSA) is 17.1 Å². The molecule has 0 fully saturated rings. The first kappa shape index (κ1) is 7.48. The van der Waals surface area contributed by atoms with E-state index in [2.05, 4.69) is 0 Å². The summed E-state index contributed by atoms with van der Waals surface area (Å²) in [7, 11) is 0. The van der Waals surface area contributed by atoms with E-state index in [0.29, 0.717) is 0 Å². The van der Waals surface area contributed by atoms with E-state index in [1.807, 2.05) is 0 Å². The maximum Gasteiger partial charge on any atom is 0.263 e. The van der Waals surface area contributed by atoms with Gasteiger partial charge in [-0.2, -0.15) is 0 Å². The second-order valence-electron chi connectivity index (χ2n) is 2.13. The molecule has 1 aliphatic carbocycles. The summed E-state index contributed by atoms with van der Waals surface area (Å²) in [5.41, 5.74) is -1.96. The summed E-state index contributed by atoms with van der Waals surface area (Å²) in [5.74, 6) is 0. The lowest BCUT2D eigenvalue weighted by Gasteiger charge is -2.15. The molecular formula is C7H6ClFO. The molecular weight excluding hydrogens is 155 g/mol. The SMILES string of the molecule is O=C(Cl)C1(F)C=CC=CC1. The zero-order chi connectivity index (χ0) is 7.61. The Bertz CT molecular complexity index is 210. The molecule has 3 heteroatoms. The lowest BCUT2D eigenvalue weighted by molar-refractivity contribution is -0.119. The maximum atomic E-state index is 13.1. The lowest BCUT2D eigenvalue weighted by atomic mass is 9.99. The predicted octanol–water partition coefficient (Wildman–Crippen LogP) is 1.98. The highest BCUT2D eigenvalue weighted by Gasteiger charge is 2.33. The molecule has 0 aromatic heterocycles. The summed E-state index contributed by atoms with van der Waals surface area (Å²) in [4.78, 5) is 10.4. The quantitative estimate of drug-likeness (QED) is 0.536. The van der Waals surface area contributed by atoms with Crippen molar-refractivity contribution >= 4 is 16.8 Å². The first-order valence-electron chi connectivity index (χ1n) is 2.88. The number of allylic oxidation sites excluding steroid dienone is 4. The van der Waals surface area contributed by atoms with E-state index in [0.717, 1.165) is 0 Å². The number of halogens is 2. The zero-order valence-electron chi connectivity index (χ0n) is 5.18. The first-order valence-corrected chi connectivity index (χ1v) is 3.26. The van der Waals surface area contributed by atoms with Crippen molar-refractivity contribution < 1.29 is 9.18 Å². The normalized spacial score (nSPS) is 30.6. The van der Waals surface area contributed by atoms with Crippen LogP contribution in [0, 0.1) is 0 Å². The molecule has 0 spiro atoms. The van der Waals surface area contributed by atoms with Crippen LogP contribution in [0.1, 0.15) is 6.42 Å². The van der Waals surface area contributed by atoms with Crippen LogP contribution in [0.25, 0.3) is 0 Å². The minimum atomic E-state index is -1.96. The molecule has 0 aliphatic heterocycles. The average Bonchev–Trinajstić information content (AvgIpc) is 1.89. The second kappa shape index (κ2) is 2.54. The Morgan fingerprint density at radius 3 is 2.60 bits per heavy atom. The molecule has 0 saturated heterocycles. The van der Waals surface area contributed by atoms with Gasteiger partial charge >= 0.3 is 0 Å². The largest absolute Gasteiger partial charge is 0.277 e. The van der Waals surface area contributed by atoms with E-state index in [-0.39, 0.29) is 6.42 Å². The number of hydrogen-bond acceptors (Lipinski definition) is 1. The fourth-order valence-corrected chi connectivity index (χ4v) is 0.880. The standard InChI is InChI=1S/C7H6ClFO/c8-6(10)7(9)4-2-1-3-5-7/h1-4H,5H2. The van der Waals surface area contributed by atoms with Gasteiger partial charge in [0.2, 0.25) is 5.67 Å². The molecule has 0 saturated carbocycles. The van der Waals surface area contributed by atoms with Gasteiger partial charge < -0.3 is 0 Å². The van der Waals surface area contributed by atoms with E-state index in [1.54, 1.807) is 12.2 Å². The molecule has 1 nitrogen and oxygen atoms in total. The number of hydrogen-bond donors (Lipinski definition) is 0. The summed E-state index contributed by atoms with van der Waals surface area (Å²) >= 11 is 5.00. The third-order valence-electron chi connectivity index (χ3n) is 1.35. The van der Waals surface area contributed by atoms with E-state index >= 15 is 0 Å². The lowest BCUT2D eigenvalue weighted by Crippen LogP contribution is -2.27. The number of rotatable bonds is 1. The van der Waals surface area contributed by atoms with Gasteiger partial charge in [-0.3, -0.25) is 4.79 Å². The van der Waals surface area contributed by atoms with Crippen LogP contribution in [0.5, 0.6) is 0 Å². The van der Waals surface area contributed by atoms with Gasteiger partial charge in [0.15, 0.2) is 0 Å². The monoisotopic (exact) mass is 160 g/mol. The van der Waals surface area contributed by atoms with Gasteiger partial charge in [-0.15, -0.1) is 0 Å². The molecule has 0 radical (unpaired) electrons. The highest BCUT2D eigenvalue weighted by atomic mass is 35.5. The Morgan fingerprint density at radius 1 is 1.60 bits per heavy atom. The summed E-state index contributed by atoms with van der Waals surface area (Å²) in [6.45, 7) is 0. The molecule has 0 bridgehead atoms. The van der Waals surface area contributed by atoms with Crippen molar-refractivity contribution in [1.82, 2.24) is 0 Å². The molecule has 10 heavy (non-hydrogen) atoms. The van der Waals surface area contributed by atoms with Crippen LogP contribution < -0.4 is 0 Å². The average molecular weight is 161 g/mol. The van der Waals surface area contributed by atoms with Crippen LogP contribution in [0.4, 0.5) is 4.39 Å². The van der Waals surface area contributed by atoms with Gasteiger partial charge in [-0.25, -0.2) is 4.39 Å². The Morgan fingerprint density at radius 2 is 2.30 bits per heavy atom. The van der Waals surface area contributed by atoms with Gasteiger partial charge in [0, 0.05) is 6.42 Å². The predicted molar refractivity (Wildman–Crippen MR) is 37.6 cm³/mol. The highest BCUT2D eigenvalue weighted by Crippen LogP contribution is 2.24. The van der Waals surface area contributed by atoms with Crippen LogP contribution in [-0.2, 0) is 4.79 Å². The first-order chi connectivity index (χ1) is 4.65. The summed E-state index contributed by atoms with van der Waals surface area (Å²) in [5, 5.41) is -0.951. The van der Waals surface area contributed by atoms with Crippen LogP contribution in [-0.4, -0.2) is 10.9 Å². The van der Waals surface area contributed by atoms with Crippen molar-refractivity contribution in [2.75, 3.05) is 0 Å². The molecule has 1 unspecified atom stereocenters. The van der Waals surface area contributed by atoms with Gasteiger partial charge in [0.05, 0.1) is 0 Å². The highest BCUT2D eigenvalue weighted by molar-refractivity contribution is 6.65. The Hall–Kier alpha value is -0.630. The van der Waals surface area contributed by atoms with Crippen molar-refractivity contribution in [3.63, 3.8) is 0 Å². The number of carbonyl (C=O) groups excluding carboxylic acids is 1. The Balaban J connectivity index is 2.80. The summed E-state index contributed by atoms with van der Waals surface area (Å²) < 4.78 is 13.1. The van der Waals surface area contributed by atoms with Crippen molar-refractivity contribution in [3.05, 3.63) is 24.3 Å². The van der Waals surface area contributed by atoms with Crippen LogP contribution >= 0.6 is 11.6 Å². The number of alkyl halides is 1. The minimum absolute atomic E-state index is 0.0475. The van der Waals surface area contributed by atoms with Crippen LogP contribution in [0.3, 0.4) is 0 Å². The van der Waals surface area contributed by atoms with Crippen molar-refractivity contribution in [2.45, 2.75) is 12.1 Å². The molecule has 1 aliphatic rings. The van der Waals surface area contributed by atoms with E-state index in [1.165, 1.54) is 12.2 Å². The van der Waals surface area contributed by atoms with Gasteiger partial charge in [-0.05, 0) is 17.7 Å². The summed E-state index contributed by atoms with van der Waals surface area (Å²) in [6.07, 6.45) is 5.94. The van der Waals surface area contributed by atoms with E-state index < -0.39 is 10.9 Å². The number of carbonyl (C=O) groups is 1. The molecule has 0 aromatic rings. The molecule has 0 aromatic carbocycles. The fraction of sp³-hybridized carbons (Fsp3) is 0.286. The van der Waals surface area contributed by atoms with Crippen molar-refractivity contribution in [2.24, 2.45) is 0 Å². The van der Waals surface area contributed by atoms with Crippen molar-refractivity contribution in [1.29, 1.82) is 0 Å². The van der Waals surface area contributed by atoms with E-state index in [4.69, 9.17) is 11.6 Å². The molecule has 1 atom stereocenters. The van der Waals surface area contributed by atoms with E-state index in [9.17, 15) is 9.18 Å². The van der Waals surface area contributed by atoms with Crippen molar-refractivity contribution in [3.8, 4) is 0 Å². The fourth-order valence-electron chi connectivity index (χ4n) is 0.740. The summed E-state index contributed by atoms with van der Waals surface area (Å²) in [6, 6.07) is 0. The maximum absolute atomic E-state index is 13.1. The van der Waals surface area contributed by atoms with Crippen LogP contribution in [0.2, 0.25) is 0 Å². The molecule has 1 rings (SSSR count). The third-order valence-corrected chi connectivity index (χ3v) is 1.66. The van der Waals surface area contributed by atoms with Crippen LogP contribution in [0.15, 0.2) is 24.3 Å². The van der Waals surface area contributed by atoms with Gasteiger partial charge in [0.1, 0.15) is 0 Å². The molecule has 0 amide bonds. The second-order valence-corrected chi connectivity index (χ2v) is 2.47. The Kier molecular flexibility index (Phi) is 1.90.